The molecule has 2 nitrogen and oxygen atoms in total. The van der Waals surface area contributed by atoms with Crippen LogP contribution in [0.4, 0.5) is 0 Å². The van der Waals surface area contributed by atoms with Crippen molar-refractivity contribution in [2.24, 2.45) is 5.84 Å². The summed E-state index contributed by atoms with van der Waals surface area (Å²) in [6, 6.07) is 9.96. The molecular weight excluding hydrogens is 203 g/mol. The van der Waals surface area contributed by atoms with Crippen molar-refractivity contribution in [3.63, 3.8) is 0 Å². The number of hydrazine groups is 1. The van der Waals surface area contributed by atoms with Gasteiger partial charge in [-0.2, -0.15) is 0 Å². The third-order valence-electron chi connectivity index (χ3n) is 1.34. The fraction of sp³-hybridized carbons (Fsp3) is 0.125. The average Bonchev–Trinajstić information content (AvgIpc) is 2.05. The molecule has 0 aromatic heterocycles. The fourth-order valence-electron chi connectivity index (χ4n) is 0.784. The summed E-state index contributed by atoms with van der Waals surface area (Å²) in [7, 11) is 1.80. The first-order chi connectivity index (χ1) is 5.22. The minimum absolute atomic E-state index is 0.950. The summed E-state index contributed by atoms with van der Waals surface area (Å²) in [5.41, 5.74) is 1.11. The molecule has 0 heterocycles. The predicted octanol–water partition coefficient (Wildman–Crippen LogP) is 0.139. The molecule has 0 aliphatic rings. The van der Waals surface area contributed by atoms with Crippen LogP contribution in [0, 0.1) is 0 Å². The van der Waals surface area contributed by atoms with Crippen LogP contribution in [-0.2, 0) is 0 Å². The number of rotatable bonds is 2. The van der Waals surface area contributed by atoms with Crippen molar-refractivity contribution in [1.82, 2.24) is 5.01 Å². The van der Waals surface area contributed by atoms with E-state index in [2.05, 4.69) is 15.6 Å². The zero-order valence-electron chi connectivity index (χ0n) is 6.32. The molecule has 0 atom stereocenters. The summed E-state index contributed by atoms with van der Waals surface area (Å²) < 4.78 is 0.950. The Morgan fingerprint density at radius 3 is 2.36 bits per heavy atom. The van der Waals surface area contributed by atoms with Crippen LogP contribution in [0.5, 0.6) is 0 Å². The Labute approximate surface area is 74.3 Å². The maximum atomic E-state index is 5.53. The van der Waals surface area contributed by atoms with Gasteiger partial charge in [0.15, 0.2) is 0 Å². The van der Waals surface area contributed by atoms with Crippen molar-refractivity contribution >= 4 is 20.1 Å². The van der Waals surface area contributed by atoms with Gasteiger partial charge in [-0.25, -0.2) is 0 Å². The summed E-state index contributed by atoms with van der Waals surface area (Å²) in [5, 5.41) is 1.56. The Bertz CT molecular complexity index is 244. The van der Waals surface area contributed by atoms with Gasteiger partial charge in [0.1, 0.15) is 0 Å². The molecular formula is C8H10N2Se. The minimum atomic E-state index is 0.950. The van der Waals surface area contributed by atoms with E-state index in [4.69, 9.17) is 5.84 Å². The SMILES string of the molecule is CN(N)C(=[Se])c1ccccc1. The molecule has 0 bridgehead atoms. The zero-order chi connectivity index (χ0) is 8.27. The van der Waals surface area contributed by atoms with Crippen molar-refractivity contribution < 1.29 is 0 Å². The van der Waals surface area contributed by atoms with E-state index in [1.165, 1.54) is 0 Å². The molecule has 11 heavy (non-hydrogen) atoms. The van der Waals surface area contributed by atoms with Gasteiger partial charge in [-0.15, -0.1) is 0 Å². The van der Waals surface area contributed by atoms with Crippen molar-refractivity contribution in [3.8, 4) is 0 Å². The Morgan fingerprint density at radius 2 is 1.91 bits per heavy atom. The number of nitrogens with zero attached hydrogens (tertiary/aromatic N) is 1. The van der Waals surface area contributed by atoms with Gasteiger partial charge in [0.25, 0.3) is 0 Å². The van der Waals surface area contributed by atoms with Gasteiger partial charge in [0.2, 0.25) is 0 Å². The van der Waals surface area contributed by atoms with E-state index >= 15 is 0 Å². The van der Waals surface area contributed by atoms with Gasteiger partial charge >= 0.3 is 73.9 Å². The Morgan fingerprint density at radius 1 is 1.36 bits per heavy atom. The van der Waals surface area contributed by atoms with Crippen molar-refractivity contribution in [1.29, 1.82) is 0 Å². The van der Waals surface area contributed by atoms with Crippen LogP contribution < -0.4 is 5.84 Å². The molecule has 2 N–H and O–H groups in total. The molecule has 0 spiro atoms. The van der Waals surface area contributed by atoms with E-state index in [9.17, 15) is 0 Å². The van der Waals surface area contributed by atoms with Gasteiger partial charge in [0, 0.05) is 0 Å². The molecule has 0 radical (unpaired) electrons. The van der Waals surface area contributed by atoms with Crippen LogP contribution in [0.1, 0.15) is 5.56 Å². The third-order valence-corrected chi connectivity index (χ3v) is 2.44. The first-order valence-electron chi connectivity index (χ1n) is 3.29. The molecule has 3 heteroatoms. The Hall–Kier alpha value is -0.631. The molecule has 1 rings (SSSR count). The third kappa shape index (κ3) is 2.15. The van der Waals surface area contributed by atoms with E-state index in [-0.39, 0.29) is 0 Å². The van der Waals surface area contributed by atoms with E-state index < -0.39 is 0 Å². The molecule has 0 unspecified atom stereocenters. The van der Waals surface area contributed by atoms with Crippen molar-refractivity contribution in [2.75, 3.05) is 7.05 Å². The predicted molar refractivity (Wildman–Crippen MR) is 48.3 cm³/mol. The van der Waals surface area contributed by atoms with Crippen LogP contribution >= 0.6 is 0 Å². The second-order valence-electron chi connectivity index (χ2n) is 2.28. The molecule has 1 aromatic carbocycles. The van der Waals surface area contributed by atoms with Gasteiger partial charge in [-0.05, 0) is 0 Å². The van der Waals surface area contributed by atoms with Crippen LogP contribution in [0.25, 0.3) is 0 Å². The molecule has 0 aliphatic heterocycles. The standard InChI is InChI=1S/C8H10N2Se/c1-10(9)8(11)7-5-3-2-4-6-7/h2-6H,9H2,1H3. The van der Waals surface area contributed by atoms with Crippen LogP contribution in [0.15, 0.2) is 30.3 Å². The van der Waals surface area contributed by atoms with Crippen LogP contribution in [0.2, 0.25) is 0 Å². The summed E-state index contributed by atoms with van der Waals surface area (Å²) in [4.78, 5) is 0. The van der Waals surface area contributed by atoms with Crippen molar-refractivity contribution in [3.05, 3.63) is 35.9 Å². The van der Waals surface area contributed by atoms with E-state index in [0.717, 1.165) is 10.1 Å². The molecule has 1 aromatic rings. The fourth-order valence-corrected chi connectivity index (χ4v) is 1.07. The van der Waals surface area contributed by atoms with Gasteiger partial charge in [-0.1, -0.05) is 0 Å². The molecule has 0 saturated carbocycles. The van der Waals surface area contributed by atoms with E-state index in [0.29, 0.717) is 0 Å². The van der Waals surface area contributed by atoms with Crippen LogP contribution in [-0.4, -0.2) is 32.2 Å². The number of nitrogens with two attached hydrogens (primary N) is 1. The topological polar surface area (TPSA) is 29.3 Å². The van der Waals surface area contributed by atoms with Gasteiger partial charge < -0.3 is 0 Å². The monoisotopic (exact) mass is 214 g/mol. The van der Waals surface area contributed by atoms with Crippen LogP contribution in [0.3, 0.4) is 0 Å². The summed E-state index contributed by atoms with van der Waals surface area (Å²) in [5.74, 6) is 5.53. The summed E-state index contributed by atoms with van der Waals surface area (Å²) in [6.07, 6.45) is 0. The van der Waals surface area contributed by atoms with Crippen molar-refractivity contribution in [2.45, 2.75) is 0 Å². The van der Waals surface area contributed by atoms with Gasteiger partial charge in [0.05, 0.1) is 0 Å². The first-order valence-corrected chi connectivity index (χ1v) is 4.15. The average molecular weight is 213 g/mol. The number of hydrogen-bond donors (Lipinski definition) is 1. The first kappa shape index (κ1) is 8.47. The molecule has 58 valence electrons. The van der Waals surface area contributed by atoms with Gasteiger partial charge in [-0.3, -0.25) is 0 Å². The quantitative estimate of drug-likeness (QED) is 0.430. The number of hydrogen-bond acceptors (Lipinski definition) is 2. The van der Waals surface area contributed by atoms with E-state index in [1.807, 2.05) is 30.3 Å². The second kappa shape index (κ2) is 3.67. The number of benzene rings is 1. The molecule has 0 fully saturated rings. The second-order valence-corrected chi connectivity index (χ2v) is 3.09. The molecule has 0 amide bonds. The Kier molecular flexibility index (Phi) is 2.83. The molecule has 0 aliphatic carbocycles. The summed E-state index contributed by atoms with van der Waals surface area (Å²) >= 11 is 2.91. The van der Waals surface area contributed by atoms with E-state index in [1.54, 1.807) is 12.1 Å². The normalized spacial score (nSPS) is 9.27. The Balaban J connectivity index is 2.86. The zero-order valence-corrected chi connectivity index (χ0v) is 8.03. The molecule has 0 saturated heterocycles. The summed E-state index contributed by atoms with van der Waals surface area (Å²) in [6.45, 7) is 0. The maximum absolute atomic E-state index is 5.53.